The average molecular weight is 272 g/mol. The molecule has 0 amide bonds. The molecule has 4 heteroatoms. The van der Waals surface area contributed by atoms with Crippen molar-refractivity contribution in [2.45, 2.75) is 4.90 Å². The molecule has 0 fully saturated rings. The molecule has 54 valence electrons. The van der Waals surface area contributed by atoms with Gasteiger partial charge in [-0.15, -0.1) is 0 Å². The third-order valence-corrected chi connectivity index (χ3v) is 2.86. The van der Waals surface area contributed by atoms with E-state index >= 15 is 0 Å². The Morgan fingerprint density at radius 3 is 2.00 bits per heavy atom. The van der Waals surface area contributed by atoms with Gasteiger partial charge in [0.25, 0.3) is 0 Å². The molecule has 0 N–H and O–H groups in total. The van der Waals surface area contributed by atoms with E-state index in [1.54, 1.807) is 0 Å². The smallest absolute Gasteiger partial charge is 0.127 e. The fourth-order valence-electron chi connectivity index (χ4n) is 0.573. The third-order valence-electron chi connectivity index (χ3n) is 0.925. The molecule has 0 unspecified atom stereocenters. The van der Waals surface area contributed by atoms with Gasteiger partial charge in [0, 0.05) is 32.2 Å². The van der Waals surface area contributed by atoms with Crippen molar-refractivity contribution < 1.29 is 8.78 Å². The van der Waals surface area contributed by atoms with Gasteiger partial charge in [0.2, 0.25) is 0 Å². The summed E-state index contributed by atoms with van der Waals surface area (Å²) in [4.78, 5) is 0.595. The SMILES string of the molecule is Fc1cc(F)cc(SI)c1. The zero-order chi connectivity index (χ0) is 7.56. The van der Waals surface area contributed by atoms with Gasteiger partial charge < -0.3 is 0 Å². The molecule has 10 heavy (non-hydrogen) atoms. The predicted molar refractivity (Wildman–Crippen MR) is 46.2 cm³/mol. The lowest BCUT2D eigenvalue weighted by atomic mass is 10.3. The Bertz CT molecular complexity index is 219. The first-order chi connectivity index (χ1) is 4.72. The molecule has 0 bridgehead atoms. The van der Waals surface area contributed by atoms with Crippen LogP contribution in [0, 0.1) is 11.6 Å². The van der Waals surface area contributed by atoms with Gasteiger partial charge in [-0.05, 0) is 12.1 Å². The van der Waals surface area contributed by atoms with Crippen molar-refractivity contribution in [2.24, 2.45) is 0 Å². The van der Waals surface area contributed by atoms with E-state index < -0.39 is 11.6 Å². The standard InChI is InChI=1S/C6H3F2IS/c7-4-1-5(8)3-6(2-4)10-9/h1-3H. The van der Waals surface area contributed by atoms with Crippen LogP contribution in [-0.2, 0) is 0 Å². The highest BCUT2D eigenvalue weighted by molar-refractivity contribution is 14.2. The van der Waals surface area contributed by atoms with E-state index in [2.05, 4.69) is 0 Å². The minimum Gasteiger partial charge on any atom is -0.207 e. The highest BCUT2D eigenvalue weighted by Crippen LogP contribution is 2.25. The maximum atomic E-state index is 12.4. The molecule has 0 radical (unpaired) electrons. The molecule has 0 aromatic heterocycles. The maximum Gasteiger partial charge on any atom is 0.127 e. The van der Waals surface area contributed by atoms with E-state index in [-0.39, 0.29) is 0 Å². The number of rotatable bonds is 1. The molecule has 0 aliphatic heterocycles. The van der Waals surface area contributed by atoms with E-state index in [9.17, 15) is 8.78 Å². The first-order valence-electron chi connectivity index (χ1n) is 2.47. The van der Waals surface area contributed by atoms with Crippen LogP contribution in [0.5, 0.6) is 0 Å². The average Bonchev–Trinajstić information content (AvgIpc) is 1.85. The van der Waals surface area contributed by atoms with E-state index in [1.165, 1.54) is 21.1 Å². The van der Waals surface area contributed by atoms with Crippen LogP contribution in [0.25, 0.3) is 0 Å². The molecule has 0 heterocycles. The molecule has 1 aromatic rings. The molecule has 0 aliphatic rings. The molecule has 0 nitrogen and oxygen atoms in total. The topological polar surface area (TPSA) is 0 Å². The first-order valence-corrected chi connectivity index (χ1v) is 5.83. The second-order valence-corrected chi connectivity index (χ2v) is 3.63. The molecule has 0 aliphatic carbocycles. The number of halogens is 3. The second-order valence-electron chi connectivity index (χ2n) is 1.68. The first kappa shape index (κ1) is 8.26. The summed E-state index contributed by atoms with van der Waals surface area (Å²) in [5.74, 6) is -1.06. The van der Waals surface area contributed by atoms with Gasteiger partial charge in [0.15, 0.2) is 0 Å². The molecule has 1 rings (SSSR count). The largest absolute Gasteiger partial charge is 0.207 e. The van der Waals surface area contributed by atoms with Gasteiger partial charge >= 0.3 is 0 Å². The quantitative estimate of drug-likeness (QED) is 0.706. The molecule has 1 aromatic carbocycles. The van der Waals surface area contributed by atoms with Crippen LogP contribution in [0.15, 0.2) is 23.1 Å². The number of benzene rings is 1. The summed E-state index contributed by atoms with van der Waals surface area (Å²) in [6, 6.07) is 3.44. The fraction of sp³-hybridized carbons (Fsp3) is 0. The van der Waals surface area contributed by atoms with Crippen LogP contribution >= 0.6 is 30.1 Å². The van der Waals surface area contributed by atoms with Gasteiger partial charge in [-0.3, -0.25) is 0 Å². The normalized spacial score (nSPS) is 9.90. The van der Waals surface area contributed by atoms with Crippen molar-refractivity contribution in [3.8, 4) is 0 Å². The van der Waals surface area contributed by atoms with Gasteiger partial charge in [0.1, 0.15) is 11.6 Å². The fourth-order valence-corrected chi connectivity index (χ4v) is 1.65. The van der Waals surface area contributed by atoms with Crippen LogP contribution in [0.1, 0.15) is 0 Å². The molecule has 0 saturated carbocycles. The lowest BCUT2D eigenvalue weighted by Crippen LogP contribution is -1.78. The van der Waals surface area contributed by atoms with Gasteiger partial charge in [-0.2, -0.15) is 0 Å². The number of hydrogen-bond acceptors (Lipinski definition) is 1. The van der Waals surface area contributed by atoms with Crippen molar-refractivity contribution in [3.63, 3.8) is 0 Å². The van der Waals surface area contributed by atoms with Crippen LogP contribution in [0.3, 0.4) is 0 Å². The zero-order valence-corrected chi connectivity index (χ0v) is 7.75. The summed E-state index contributed by atoms with van der Waals surface area (Å²) in [5.41, 5.74) is 0. The van der Waals surface area contributed by atoms with E-state index in [1.807, 2.05) is 21.2 Å². The summed E-state index contributed by atoms with van der Waals surface area (Å²) in [5, 5.41) is 0. The van der Waals surface area contributed by atoms with Crippen molar-refractivity contribution in [2.75, 3.05) is 0 Å². The summed E-state index contributed by atoms with van der Waals surface area (Å²) < 4.78 is 24.7. The molecular formula is C6H3F2IS. The molecule has 0 spiro atoms. The van der Waals surface area contributed by atoms with Crippen LogP contribution in [0.4, 0.5) is 8.78 Å². The Morgan fingerprint density at radius 2 is 1.60 bits per heavy atom. The number of hydrogen-bond donors (Lipinski definition) is 0. The van der Waals surface area contributed by atoms with Crippen LogP contribution in [-0.4, -0.2) is 0 Å². The van der Waals surface area contributed by atoms with E-state index in [0.29, 0.717) is 4.90 Å². The van der Waals surface area contributed by atoms with Crippen molar-refractivity contribution >= 4 is 30.1 Å². The summed E-state index contributed by atoms with van der Waals surface area (Å²) >= 11 is 1.97. The summed E-state index contributed by atoms with van der Waals surface area (Å²) in [6.07, 6.45) is 0. The van der Waals surface area contributed by atoms with Crippen LogP contribution < -0.4 is 0 Å². The lowest BCUT2D eigenvalue weighted by Gasteiger charge is -1.93. The lowest BCUT2D eigenvalue weighted by molar-refractivity contribution is 0.577. The Balaban J connectivity index is 3.06. The highest BCUT2D eigenvalue weighted by Gasteiger charge is 1.98. The van der Waals surface area contributed by atoms with Crippen molar-refractivity contribution in [1.82, 2.24) is 0 Å². The Morgan fingerprint density at radius 1 is 1.10 bits per heavy atom. The van der Waals surface area contributed by atoms with E-state index in [0.717, 1.165) is 6.07 Å². The maximum absolute atomic E-state index is 12.4. The Hall–Kier alpha value is 0.160. The molecular weight excluding hydrogens is 269 g/mol. The van der Waals surface area contributed by atoms with Crippen molar-refractivity contribution in [3.05, 3.63) is 29.8 Å². The Kier molecular flexibility index (Phi) is 2.91. The van der Waals surface area contributed by atoms with Gasteiger partial charge in [0.05, 0.1) is 0 Å². The van der Waals surface area contributed by atoms with Crippen molar-refractivity contribution in [1.29, 1.82) is 0 Å². The minimum absolute atomic E-state index is 0.529. The molecule has 0 saturated heterocycles. The minimum atomic E-state index is -0.529. The zero-order valence-electron chi connectivity index (χ0n) is 4.77. The predicted octanol–water partition coefficient (Wildman–Crippen LogP) is 3.41. The molecule has 0 atom stereocenters. The van der Waals surface area contributed by atoms with Crippen LogP contribution in [0.2, 0.25) is 0 Å². The summed E-state index contributed by atoms with van der Waals surface area (Å²) in [6.45, 7) is 0. The second kappa shape index (κ2) is 3.52. The summed E-state index contributed by atoms with van der Waals surface area (Å²) in [7, 11) is 1.29. The van der Waals surface area contributed by atoms with E-state index in [4.69, 9.17) is 0 Å². The monoisotopic (exact) mass is 272 g/mol. The van der Waals surface area contributed by atoms with Gasteiger partial charge in [-0.1, -0.05) is 8.93 Å². The van der Waals surface area contributed by atoms with Gasteiger partial charge in [-0.25, -0.2) is 8.78 Å². The third kappa shape index (κ3) is 2.09. The Labute approximate surface area is 73.6 Å². The highest BCUT2D eigenvalue weighted by atomic mass is 127.